The second-order valence-electron chi connectivity index (χ2n) is 4.73. The number of nitrogens with zero attached hydrogens (tertiary/aromatic N) is 3. The van der Waals surface area contributed by atoms with E-state index in [0.29, 0.717) is 5.56 Å². The number of hydrogen-bond donors (Lipinski definition) is 1. The van der Waals surface area contributed by atoms with E-state index in [1.807, 2.05) is 0 Å². The number of nitro benzene ring substituents is 1. The summed E-state index contributed by atoms with van der Waals surface area (Å²) in [7, 11) is 0. The van der Waals surface area contributed by atoms with Crippen molar-refractivity contribution in [3.8, 4) is 0 Å². The average molecular weight is 341 g/mol. The number of azo groups is 1. The van der Waals surface area contributed by atoms with Crippen molar-refractivity contribution in [3.63, 3.8) is 0 Å². The minimum absolute atomic E-state index is 0.0461. The van der Waals surface area contributed by atoms with Gasteiger partial charge in [0.25, 0.3) is 5.69 Å². The molecule has 0 amide bonds. The second kappa shape index (κ2) is 8.34. The van der Waals surface area contributed by atoms with Crippen LogP contribution in [0.15, 0.2) is 70.5 Å². The molecule has 8 heteroatoms. The highest BCUT2D eigenvalue weighted by molar-refractivity contribution is 5.95. The molecule has 0 atom stereocenters. The van der Waals surface area contributed by atoms with E-state index < -0.39 is 22.3 Å². The summed E-state index contributed by atoms with van der Waals surface area (Å²) in [4.78, 5) is 22.5. The maximum atomic E-state index is 12.1. The van der Waals surface area contributed by atoms with Gasteiger partial charge in [-0.25, -0.2) is 4.79 Å². The molecule has 128 valence electrons. The fraction of sp³-hybridized carbons (Fsp3) is 0.118. The summed E-state index contributed by atoms with van der Waals surface area (Å²) in [5, 5.41) is 28.8. The molecule has 2 aromatic carbocycles. The summed E-state index contributed by atoms with van der Waals surface area (Å²) in [6.07, 6.45) is 0. The number of aliphatic hydroxyl groups excluding tert-OH is 1. The fourth-order valence-electron chi connectivity index (χ4n) is 1.92. The quantitative estimate of drug-likeness (QED) is 0.211. The third-order valence-electron chi connectivity index (χ3n) is 3.08. The van der Waals surface area contributed by atoms with E-state index in [1.54, 1.807) is 43.3 Å². The maximum Gasteiger partial charge on any atom is 0.362 e. The van der Waals surface area contributed by atoms with Crippen LogP contribution >= 0.6 is 0 Å². The lowest BCUT2D eigenvalue weighted by Crippen LogP contribution is -2.08. The molecule has 0 aliphatic heterocycles. The van der Waals surface area contributed by atoms with E-state index in [1.165, 1.54) is 18.2 Å². The van der Waals surface area contributed by atoms with Gasteiger partial charge in [0, 0.05) is 11.6 Å². The van der Waals surface area contributed by atoms with Crippen LogP contribution in [0.3, 0.4) is 0 Å². The molecule has 0 spiro atoms. The Balaban J connectivity index is 2.48. The first-order valence-corrected chi connectivity index (χ1v) is 7.35. The Labute approximate surface area is 143 Å². The summed E-state index contributed by atoms with van der Waals surface area (Å²) < 4.78 is 4.87. The van der Waals surface area contributed by atoms with E-state index >= 15 is 0 Å². The van der Waals surface area contributed by atoms with Crippen molar-refractivity contribution in [2.24, 2.45) is 10.2 Å². The minimum Gasteiger partial charge on any atom is -0.505 e. The first-order valence-electron chi connectivity index (χ1n) is 7.35. The first-order chi connectivity index (χ1) is 12.0. The molecule has 2 rings (SSSR count). The molecular weight excluding hydrogens is 326 g/mol. The molecule has 0 fully saturated rings. The Morgan fingerprint density at radius 3 is 2.44 bits per heavy atom. The molecule has 2 aromatic rings. The second-order valence-corrected chi connectivity index (χ2v) is 4.73. The molecule has 0 saturated heterocycles. The number of benzene rings is 2. The number of esters is 1. The van der Waals surface area contributed by atoms with Crippen LogP contribution in [0.5, 0.6) is 0 Å². The Morgan fingerprint density at radius 2 is 1.80 bits per heavy atom. The average Bonchev–Trinajstić information content (AvgIpc) is 2.63. The molecule has 0 heterocycles. The molecule has 0 aliphatic carbocycles. The predicted molar refractivity (Wildman–Crippen MR) is 90.2 cm³/mol. The van der Waals surface area contributed by atoms with Gasteiger partial charge in [0.1, 0.15) is 0 Å². The number of hydrogen-bond acceptors (Lipinski definition) is 7. The number of ether oxygens (including phenoxy) is 1. The van der Waals surface area contributed by atoms with Crippen molar-refractivity contribution in [1.82, 2.24) is 0 Å². The van der Waals surface area contributed by atoms with Crippen LogP contribution in [0.4, 0.5) is 11.4 Å². The highest BCUT2D eigenvalue weighted by Gasteiger charge is 2.19. The highest BCUT2D eigenvalue weighted by Crippen LogP contribution is 2.28. The summed E-state index contributed by atoms with van der Waals surface area (Å²) in [5.41, 5.74) is -0.415. The minimum atomic E-state index is -0.883. The van der Waals surface area contributed by atoms with Crippen molar-refractivity contribution < 1.29 is 19.6 Å². The van der Waals surface area contributed by atoms with Gasteiger partial charge < -0.3 is 9.84 Å². The molecule has 8 nitrogen and oxygen atoms in total. The number of para-hydroxylation sites is 1. The van der Waals surface area contributed by atoms with Crippen LogP contribution in [0, 0.1) is 10.1 Å². The van der Waals surface area contributed by atoms with Crippen LogP contribution < -0.4 is 0 Å². The van der Waals surface area contributed by atoms with Gasteiger partial charge in [-0.2, -0.15) is 0 Å². The summed E-state index contributed by atoms with van der Waals surface area (Å²) >= 11 is 0. The van der Waals surface area contributed by atoms with Gasteiger partial charge in [-0.1, -0.05) is 42.5 Å². The van der Waals surface area contributed by atoms with Crippen molar-refractivity contribution in [2.45, 2.75) is 6.92 Å². The van der Waals surface area contributed by atoms with E-state index in [2.05, 4.69) is 10.2 Å². The van der Waals surface area contributed by atoms with E-state index in [-0.39, 0.29) is 18.0 Å². The standard InChI is InChI=1S/C17H15N3O5/c1-2-25-17(22)15(16(21)12-8-4-3-5-9-12)19-18-13-10-6-7-11-14(13)20(23)24/h3-11,21H,2H2,1H3. The van der Waals surface area contributed by atoms with Gasteiger partial charge in [0.05, 0.1) is 11.5 Å². The lowest BCUT2D eigenvalue weighted by atomic mass is 10.1. The number of aliphatic hydroxyl groups is 1. The van der Waals surface area contributed by atoms with Gasteiger partial charge >= 0.3 is 5.97 Å². The largest absolute Gasteiger partial charge is 0.505 e. The van der Waals surface area contributed by atoms with Gasteiger partial charge in [-0.15, -0.1) is 10.2 Å². The zero-order chi connectivity index (χ0) is 18.2. The van der Waals surface area contributed by atoms with Crippen molar-refractivity contribution in [3.05, 3.63) is 76.0 Å². The zero-order valence-corrected chi connectivity index (χ0v) is 13.3. The van der Waals surface area contributed by atoms with Crippen molar-refractivity contribution in [1.29, 1.82) is 0 Å². The Bertz CT molecular complexity index is 831. The number of nitro groups is 1. The van der Waals surface area contributed by atoms with Crippen molar-refractivity contribution >= 4 is 23.1 Å². The van der Waals surface area contributed by atoms with Gasteiger partial charge in [-0.3, -0.25) is 10.1 Å². The molecule has 0 aromatic heterocycles. The Morgan fingerprint density at radius 1 is 1.16 bits per heavy atom. The van der Waals surface area contributed by atoms with E-state index in [0.717, 1.165) is 0 Å². The predicted octanol–water partition coefficient (Wildman–Crippen LogP) is 4.17. The van der Waals surface area contributed by atoms with Crippen LogP contribution in [0.25, 0.3) is 5.76 Å². The number of carbonyl (C=O) groups excluding carboxylic acids is 1. The Kier molecular flexibility index (Phi) is 5.94. The normalized spacial score (nSPS) is 11.9. The third kappa shape index (κ3) is 4.47. The molecule has 0 saturated carbocycles. The van der Waals surface area contributed by atoms with Crippen LogP contribution in [-0.2, 0) is 9.53 Å². The van der Waals surface area contributed by atoms with Gasteiger partial charge in [-0.05, 0) is 13.0 Å². The number of carbonyl (C=O) groups is 1. The first kappa shape index (κ1) is 17.8. The van der Waals surface area contributed by atoms with Crippen LogP contribution in [0.2, 0.25) is 0 Å². The van der Waals surface area contributed by atoms with Crippen LogP contribution in [-0.4, -0.2) is 22.6 Å². The van der Waals surface area contributed by atoms with Crippen LogP contribution in [0.1, 0.15) is 12.5 Å². The van der Waals surface area contributed by atoms with Gasteiger partial charge in [0.2, 0.25) is 5.70 Å². The summed E-state index contributed by atoms with van der Waals surface area (Å²) in [6.45, 7) is 1.68. The summed E-state index contributed by atoms with van der Waals surface area (Å²) in [6, 6.07) is 13.9. The lowest BCUT2D eigenvalue weighted by molar-refractivity contribution is -0.384. The molecule has 0 radical (unpaired) electrons. The SMILES string of the molecule is CCOC(=O)C(N=Nc1ccccc1[N+](=O)[O-])=C(O)c1ccccc1. The molecule has 1 N–H and O–H groups in total. The maximum absolute atomic E-state index is 12.1. The molecule has 0 unspecified atom stereocenters. The van der Waals surface area contributed by atoms with Crippen molar-refractivity contribution in [2.75, 3.05) is 6.61 Å². The van der Waals surface area contributed by atoms with Gasteiger partial charge in [0.15, 0.2) is 11.4 Å². The summed E-state index contributed by atoms with van der Waals surface area (Å²) in [5.74, 6) is -1.31. The number of rotatable bonds is 6. The Hall–Kier alpha value is -3.55. The fourth-order valence-corrected chi connectivity index (χ4v) is 1.92. The van der Waals surface area contributed by atoms with E-state index in [4.69, 9.17) is 4.74 Å². The zero-order valence-electron chi connectivity index (χ0n) is 13.3. The molecule has 0 bridgehead atoms. The smallest absolute Gasteiger partial charge is 0.362 e. The highest BCUT2D eigenvalue weighted by atomic mass is 16.6. The topological polar surface area (TPSA) is 114 Å². The lowest BCUT2D eigenvalue weighted by Gasteiger charge is -2.05. The monoisotopic (exact) mass is 341 g/mol. The molecule has 25 heavy (non-hydrogen) atoms. The third-order valence-corrected chi connectivity index (χ3v) is 3.08. The molecule has 0 aliphatic rings. The van der Waals surface area contributed by atoms with E-state index in [9.17, 15) is 20.0 Å². The molecular formula is C17H15N3O5.